The van der Waals surface area contributed by atoms with Gasteiger partial charge in [-0.1, -0.05) is 15.9 Å². The average molecular weight is 380 g/mol. The summed E-state index contributed by atoms with van der Waals surface area (Å²) in [5.74, 6) is -2.38. The summed E-state index contributed by atoms with van der Waals surface area (Å²) in [6.07, 6.45) is -0.306. The van der Waals surface area contributed by atoms with Crippen LogP contribution in [0.3, 0.4) is 0 Å². The molecule has 0 heterocycles. The highest BCUT2D eigenvalue weighted by Gasteiger charge is 2.18. The molecule has 0 unspecified atom stereocenters. The van der Waals surface area contributed by atoms with Crippen molar-refractivity contribution in [2.75, 3.05) is 17.1 Å². The van der Waals surface area contributed by atoms with Crippen molar-refractivity contribution < 1.29 is 27.9 Å². The zero-order valence-electron chi connectivity index (χ0n) is 11.1. The Morgan fingerprint density at radius 2 is 2.05 bits per heavy atom. The van der Waals surface area contributed by atoms with E-state index in [9.17, 15) is 18.0 Å². The minimum Gasteiger partial charge on any atom is -0.478 e. The van der Waals surface area contributed by atoms with E-state index in [0.717, 1.165) is 0 Å². The maximum atomic E-state index is 11.9. The molecule has 0 saturated carbocycles. The standard InChI is InChI=1S/C12H14BrNO6S/c1-2-20-11(15)5-6-21(18,19)14-10-7-8(13)3-4-9(10)12(16)17/h3-4,7,14H,2,5-6H2,1H3,(H,16,17). The van der Waals surface area contributed by atoms with Crippen LogP contribution in [0.15, 0.2) is 22.7 Å². The van der Waals surface area contributed by atoms with E-state index >= 15 is 0 Å². The van der Waals surface area contributed by atoms with E-state index in [1.807, 2.05) is 0 Å². The van der Waals surface area contributed by atoms with E-state index in [4.69, 9.17) is 5.11 Å². The zero-order chi connectivity index (χ0) is 16.0. The van der Waals surface area contributed by atoms with Gasteiger partial charge in [-0.3, -0.25) is 9.52 Å². The van der Waals surface area contributed by atoms with Gasteiger partial charge in [0.2, 0.25) is 10.0 Å². The number of carboxylic acid groups (broad SMARTS) is 1. The number of rotatable bonds is 7. The van der Waals surface area contributed by atoms with Crippen molar-refractivity contribution in [3.05, 3.63) is 28.2 Å². The van der Waals surface area contributed by atoms with Crippen LogP contribution >= 0.6 is 15.9 Å². The van der Waals surface area contributed by atoms with Gasteiger partial charge in [0.1, 0.15) is 0 Å². The van der Waals surface area contributed by atoms with Crippen molar-refractivity contribution in [2.45, 2.75) is 13.3 Å². The van der Waals surface area contributed by atoms with Crippen LogP contribution in [0.1, 0.15) is 23.7 Å². The number of nitrogens with one attached hydrogen (secondary N) is 1. The molecule has 0 aliphatic heterocycles. The number of ether oxygens (including phenoxy) is 1. The van der Waals surface area contributed by atoms with E-state index in [0.29, 0.717) is 4.47 Å². The Morgan fingerprint density at radius 3 is 2.62 bits per heavy atom. The quantitative estimate of drug-likeness (QED) is 0.699. The van der Waals surface area contributed by atoms with Crippen LogP contribution in [0, 0.1) is 0 Å². The summed E-state index contributed by atoms with van der Waals surface area (Å²) in [5, 5.41) is 9.02. The number of anilines is 1. The molecule has 0 spiro atoms. The molecule has 1 aromatic rings. The van der Waals surface area contributed by atoms with E-state index in [1.165, 1.54) is 18.2 Å². The second-order valence-electron chi connectivity index (χ2n) is 3.97. The van der Waals surface area contributed by atoms with Crippen molar-refractivity contribution in [1.82, 2.24) is 0 Å². The molecule has 7 nitrogen and oxygen atoms in total. The number of hydrogen-bond acceptors (Lipinski definition) is 5. The third-order valence-electron chi connectivity index (χ3n) is 2.36. The number of carbonyl (C=O) groups excluding carboxylic acids is 1. The Bertz CT molecular complexity index is 643. The second kappa shape index (κ2) is 7.41. The van der Waals surface area contributed by atoms with Crippen LogP contribution in [0.25, 0.3) is 0 Å². The third-order valence-corrected chi connectivity index (χ3v) is 4.12. The van der Waals surface area contributed by atoms with Crippen molar-refractivity contribution in [3.63, 3.8) is 0 Å². The lowest BCUT2D eigenvalue weighted by Crippen LogP contribution is -2.21. The first kappa shape index (κ1) is 17.4. The Labute approximate surface area is 130 Å². The van der Waals surface area contributed by atoms with E-state index in [2.05, 4.69) is 25.4 Å². The van der Waals surface area contributed by atoms with Crippen molar-refractivity contribution in [2.24, 2.45) is 0 Å². The van der Waals surface area contributed by atoms with E-state index in [1.54, 1.807) is 6.92 Å². The number of halogens is 1. The second-order valence-corrected chi connectivity index (χ2v) is 6.73. The molecule has 1 aromatic carbocycles. The molecule has 0 aliphatic carbocycles. The van der Waals surface area contributed by atoms with E-state index in [-0.39, 0.29) is 24.3 Å². The smallest absolute Gasteiger partial charge is 0.337 e. The predicted molar refractivity (Wildman–Crippen MR) is 79.8 cm³/mol. The van der Waals surface area contributed by atoms with Gasteiger partial charge in [0, 0.05) is 4.47 Å². The molecule has 0 atom stereocenters. The monoisotopic (exact) mass is 379 g/mol. The van der Waals surface area contributed by atoms with Crippen LogP contribution in [0.5, 0.6) is 0 Å². The zero-order valence-corrected chi connectivity index (χ0v) is 13.5. The van der Waals surface area contributed by atoms with Crippen molar-refractivity contribution in [1.29, 1.82) is 0 Å². The van der Waals surface area contributed by atoms with Crippen LogP contribution < -0.4 is 4.72 Å². The minimum absolute atomic E-state index is 0.0688. The van der Waals surface area contributed by atoms with Crippen molar-refractivity contribution in [3.8, 4) is 0 Å². The fraction of sp³-hybridized carbons (Fsp3) is 0.333. The third kappa shape index (κ3) is 5.72. The molecular weight excluding hydrogens is 366 g/mol. The summed E-state index contributed by atoms with van der Waals surface area (Å²) in [4.78, 5) is 22.2. The summed E-state index contributed by atoms with van der Waals surface area (Å²) < 4.78 is 31.1. The highest BCUT2D eigenvalue weighted by Crippen LogP contribution is 2.22. The van der Waals surface area contributed by atoms with Crippen LogP contribution in [-0.2, 0) is 19.6 Å². The maximum absolute atomic E-state index is 11.9. The topological polar surface area (TPSA) is 110 Å². The molecular formula is C12H14BrNO6S. The molecule has 0 amide bonds. The van der Waals surface area contributed by atoms with Crippen LogP contribution in [0.2, 0.25) is 0 Å². The summed E-state index contributed by atoms with van der Waals surface area (Å²) in [6, 6.07) is 4.10. The molecule has 0 fully saturated rings. The van der Waals surface area contributed by atoms with Gasteiger partial charge in [0.15, 0.2) is 0 Å². The number of esters is 1. The molecule has 1 rings (SSSR count). The summed E-state index contributed by atoms with van der Waals surface area (Å²) >= 11 is 3.13. The average Bonchev–Trinajstić information content (AvgIpc) is 2.36. The predicted octanol–water partition coefficient (Wildman–Crippen LogP) is 1.84. The maximum Gasteiger partial charge on any atom is 0.337 e. The molecule has 9 heteroatoms. The van der Waals surface area contributed by atoms with Gasteiger partial charge in [0.05, 0.1) is 30.0 Å². The minimum atomic E-state index is -3.86. The molecule has 0 aromatic heterocycles. The molecule has 0 aliphatic rings. The van der Waals surface area contributed by atoms with Gasteiger partial charge in [-0.05, 0) is 25.1 Å². The first-order chi connectivity index (χ1) is 9.75. The van der Waals surface area contributed by atoms with Crippen LogP contribution in [0.4, 0.5) is 5.69 Å². The largest absolute Gasteiger partial charge is 0.478 e. The number of sulfonamides is 1. The summed E-state index contributed by atoms with van der Waals surface area (Å²) in [7, 11) is -3.86. The molecule has 21 heavy (non-hydrogen) atoms. The van der Waals surface area contributed by atoms with E-state index < -0.39 is 27.7 Å². The highest BCUT2D eigenvalue weighted by atomic mass is 79.9. The lowest BCUT2D eigenvalue weighted by Gasteiger charge is -2.10. The Kier molecular flexibility index (Phi) is 6.16. The Balaban J connectivity index is 2.86. The summed E-state index contributed by atoms with van der Waals surface area (Å²) in [6.45, 7) is 1.78. The molecule has 116 valence electrons. The lowest BCUT2D eigenvalue weighted by atomic mass is 10.2. The summed E-state index contributed by atoms with van der Waals surface area (Å²) in [5.41, 5.74) is -0.251. The molecule has 0 radical (unpaired) electrons. The van der Waals surface area contributed by atoms with Crippen LogP contribution in [-0.4, -0.2) is 37.8 Å². The molecule has 0 bridgehead atoms. The Hall–Kier alpha value is -1.61. The Morgan fingerprint density at radius 1 is 1.38 bits per heavy atom. The van der Waals surface area contributed by atoms with Gasteiger partial charge >= 0.3 is 11.9 Å². The fourth-order valence-corrected chi connectivity index (χ4v) is 2.86. The fourth-order valence-electron chi connectivity index (χ4n) is 1.46. The first-order valence-electron chi connectivity index (χ1n) is 5.94. The van der Waals surface area contributed by atoms with Gasteiger partial charge in [-0.2, -0.15) is 0 Å². The highest BCUT2D eigenvalue weighted by molar-refractivity contribution is 9.10. The first-order valence-corrected chi connectivity index (χ1v) is 8.38. The van der Waals surface area contributed by atoms with Crippen molar-refractivity contribution >= 4 is 43.6 Å². The van der Waals surface area contributed by atoms with Gasteiger partial charge < -0.3 is 9.84 Å². The number of benzene rings is 1. The number of hydrogen-bond donors (Lipinski definition) is 2. The van der Waals surface area contributed by atoms with Gasteiger partial charge in [-0.25, -0.2) is 13.2 Å². The van der Waals surface area contributed by atoms with Gasteiger partial charge in [0.25, 0.3) is 0 Å². The number of aromatic carboxylic acids is 1. The molecule has 0 saturated heterocycles. The number of carbonyl (C=O) groups is 2. The number of carboxylic acids is 1. The normalized spacial score (nSPS) is 11.0. The lowest BCUT2D eigenvalue weighted by molar-refractivity contribution is -0.142. The SMILES string of the molecule is CCOC(=O)CCS(=O)(=O)Nc1cc(Br)ccc1C(=O)O. The van der Waals surface area contributed by atoms with Gasteiger partial charge in [-0.15, -0.1) is 0 Å². The molecule has 2 N–H and O–H groups in total.